The van der Waals surface area contributed by atoms with E-state index in [0.29, 0.717) is 12.2 Å². The van der Waals surface area contributed by atoms with Crippen LogP contribution in [0.1, 0.15) is 35.3 Å². The summed E-state index contributed by atoms with van der Waals surface area (Å²) in [5, 5.41) is 17.9. The summed E-state index contributed by atoms with van der Waals surface area (Å²) in [4.78, 5) is 18.6. The van der Waals surface area contributed by atoms with Crippen molar-refractivity contribution in [3.63, 3.8) is 0 Å². The molecule has 2 aliphatic rings. The molecule has 3 heterocycles. The number of amides is 1. The maximum absolute atomic E-state index is 12.4. The highest BCUT2D eigenvalue weighted by Gasteiger charge is 2.42. The topological polar surface area (TPSA) is 67.8 Å². The first-order chi connectivity index (χ1) is 18.0. The van der Waals surface area contributed by atoms with Crippen molar-refractivity contribution in [2.24, 2.45) is 0 Å². The number of phenolic OH excluding ortho intramolecular Hbond substituents is 1. The Balaban J connectivity index is 0.000000270. The number of fused-ring (bicyclic) bond motifs is 2. The molecule has 0 unspecified atom stereocenters. The lowest BCUT2D eigenvalue weighted by Crippen LogP contribution is -2.55. The zero-order valence-corrected chi connectivity index (χ0v) is 22.9. The molecule has 7 heteroatoms. The van der Waals surface area contributed by atoms with E-state index in [1.54, 1.807) is 24.3 Å². The van der Waals surface area contributed by atoms with E-state index in [9.17, 15) is 9.90 Å². The van der Waals surface area contributed by atoms with Gasteiger partial charge in [0.1, 0.15) is 5.75 Å². The smallest absolute Gasteiger partial charge is 0.238 e. The number of hydrogen-bond acceptors (Lipinski definition) is 6. The zero-order chi connectivity index (χ0) is 26.1. The van der Waals surface area contributed by atoms with Crippen molar-refractivity contribution in [3.8, 4) is 5.75 Å². The van der Waals surface area contributed by atoms with Gasteiger partial charge in [0.25, 0.3) is 0 Å². The van der Waals surface area contributed by atoms with Crippen molar-refractivity contribution in [2.75, 3.05) is 52.1 Å². The molecular weight excluding hydrogens is 480 g/mol. The number of piperidine rings is 1. The molecular formula is C30H40N4O2S. The second-order valence-electron chi connectivity index (χ2n) is 9.99. The highest BCUT2D eigenvalue weighted by molar-refractivity contribution is 7.09. The Morgan fingerprint density at radius 3 is 2.51 bits per heavy atom. The van der Waals surface area contributed by atoms with Crippen LogP contribution in [-0.2, 0) is 23.2 Å². The van der Waals surface area contributed by atoms with E-state index in [0.717, 1.165) is 45.4 Å². The molecule has 3 aromatic rings. The number of carbonyl (C=O) groups is 1. The van der Waals surface area contributed by atoms with Gasteiger partial charge in [-0.3, -0.25) is 14.6 Å². The Bertz CT molecular complexity index is 1130. The van der Waals surface area contributed by atoms with E-state index < -0.39 is 0 Å². The van der Waals surface area contributed by atoms with Gasteiger partial charge < -0.3 is 15.7 Å². The number of para-hydroxylation sites is 2. The summed E-state index contributed by atoms with van der Waals surface area (Å²) in [5.74, 6) is 0.0220. The van der Waals surface area contributed by atoms with Crippen molar-refractivity contribution in [1.29, 1.82) is 0 Å². The molecule has 198 valence electrons. The number of aryl methyl sites for hydroxylation is 1. The average molecular weight is 521 g/mol. The standard InChI is InChI=1S/C22H27N3O2.C8H13NS/c1-24-13-10-17-6-2-3-7-18(17)22(24)11-14-25(15-12-22)16-21(27)23-19-8-4-5-9-20(19)26;1-9-6-2-4-8-5-3-7-10-8/h2-9,26H,10-16H2,1H3,(H,23,27);3,5,7,9H,2,4,6H2,1H3. The van der Waals surface area contributed by atoms with E-state index in [1.165, 1.54) is 28.8 Å². The Morgan fingerprint density at radius 1 is 1.03 bits per heavy atom. The number of nitrogens with zero attached hydrogens (tertiary/aromatic N) is 2. The van der Waals surface area contributed by atoms with E-state index in [2.05, 4.69) is 69.3 Å². The summed E-state index contributed by atoms with van der Waals surface area (Å²) in [6, 6.07) is 20.0. The van der Waals surface area contributed by atoms with Gasteiger partial charge in [0.15, 0.2) is 0 Å². The molecule has 1 amide bonds. The van der Waals surface area contributed by atoms with Crippen LogP contribution in [-0.4, -0.2) is 67.6 Å². The minimum atomic E-state index is -0.0788. The molecule has 2 aromatic carbocycles. The number of likely N-dealkylation sites (N-methyl/N-ethyl adjacent to an activating group) is 1. The van der Waals surface area contributed by atoms with Gasteiger partial charge in [-0.05, 0) is 87.5 Å². The van der Waals surface area contributed by atoms with Gasteiger partial charge in [-0.1, -0.05) is 42.5 Å². The molecule has 3 N–H and O–H groups in total. The Hall–Kier alpha value is -2.71. The normalized spacial score (nSPS) is 17.0. The van der Waals surface area contributed by atoms with Gasteiger partial charge in [-0.15, -0.1) is 11.3 Å². The summed E-state index contributed by atoms with van der Waals surface area (Å²) >= 11 is 1.85. The first-order valence-corrected chi connectivity index (χ1v) is 14.2. The molecule has 1 saturated heterocycles. The number of likely N-dealkylation sites (tertiary alicyclic amines) is 1. The van der Waals surface area contributed by atoms with Crippen molar-refractivity contribution in [1.82, 2.24) is 15.1 Å². The lowest BCUT2D eigenvalue weighted by molar-refractivity contribution is -0.118. The number of aromatic hydroxyl groups is 1. The monoisotopic (exact) mass is 520 g/mol. The predicted octanol–water partition coefficient (Wildman–Crippen LogP) is 4.71. The average Bonchev–Trinajstić information content (AvgIpc) is 3.43. The first-order valence-electron chi connectivity index (χ1n) is 13.3. The van der Waals surface area contributed by atoms with Crippen LogP contribution in [0.4, 0.5) is 5.69 Å². The van der Waals surface area contributed by atoms with E-state index in [-0.39, 0.29) is 17.2 Å². The van der Waals surface area contributed by atoms with Gasteiger partial charge in [0, 0.05) is 30.1 Å². The zero-order valence-electron chi connectivity index (χ0n) is 22.1. The quantitative estimate of drug-likeness (QED) is 0.311. The fourth-order valence-electron chi connectivity index (χ4n) is 5.50. The van der Waals surface area contributed by atoms with Gasteiger partial charge in [-0.25, -0.2) is 0 Å². The lowest BCUT2D eigenvalue weighted by atomic mass is 9.74. The van der Waals surface area contributed by atoms with Crippen molar-refractivity contribution >= 4 is 22.9 Å². The number of carbonyl (C=O) groups excluding carboxylic acids is 1. The van der Waals surface area contributed by atoms with Gasteiger partial charge in [0.2, 0.25) is 5.91 Å². The summed E-state index contributed by atoms with van der Waals surface area (Å²) in [5.41, 5.74) is 3.51. The van der Waals surface area contributed by atoms with Crippen molar-refractivity contribution < 1.29 is 9.90 Å². The molecule has 1 spiro atoms. The fourth-order valence-corrected chi connectivity index (χ4v) is 6.25. The Morgan fingerprint density at radius 2 is 1.78 bits per heavy atom. The molecule has 1 fully saturated rings. The molecule has 0 atom stereocenters. The number of rotatable bonds is 7. The minimum absolute atomic E-state index is 0.0788. The molecule has 0 bridgehead atoms. The molecule has 2 aliphatic heterocycles. The number of phenols is 1. The summed E-state index contributed by atoms with van der Waals surface area (Å²) < 4.78 is 0. The highest BCUT2D eigenvalue weighted by Crippen LogP contribution is 2.42. The molecule has 0 radical (unpaired) electrons. The third-order valence-electron chi connectivity index (χ3n) is 7.62. The molecule has 37 heavy (non-hydrogen) atoms. The number of anilines is 1. The number of hydrogen-bond donors (Lipinski definition) is 3. The van der Waals surface area contributed by atoms with Crippen LogP contribution in [0.3, 0.4) is 0 Å². The van der Waals surface area contributed by atoms with Crippen LogP contribution >= 0.6 is 11.3 Å². The Kier molecular flexibility index (Phi) is 9.75. The summed E-state index contributed by atoms with van der Waals surface area (Å²) in [7, 11) is 4.23. The van der Waals surface area contributed by atoms with Crippen LogP contribution in [0.15, 0.2) is 66.0 Å². The van der Waals surface area contributed by atoms with Crippen LogP contribution in [0, 0.1) is 0 Å². The van der Waals surface area contributed by atoms with E-state index in [1.807, 2.05) is 18.4 Å². The first kappa shape index (κ1) is 27.3. The van der Waals surface area contributed by atoms with Gasteiger partial charge in [0.05, 0.1) is 12.2 Å². The third kappa shape index (κ3) is 6.99. The largest absolute Gasteiger partial charge is 0.506 e. The van der Waals surface area contributed by atoms with Crippen LogP contribution in [0.2, 0.25) is 0 Å². The highest BCUT2D eigenvalue weighted by atomic mass is 32.1. The fraction of sp³-hybridized carbons (Fsp3) is 0.433. The summed E-state index contributed by atoms with van der Waals surface area (Å²) in [6.45, 7) is 4.36. The number of benzene rings is 2. The van der Waals surface area contributed by atoms with Gasteiger partial charge in [-0.2, -0.15) is 0 Å². The van der Waals surface area contributed by atoms with Crippen molar-refractivity contribution in [2.45, 2.75) is 37.6 Å². The molecule has 1 aromatic heterocycles. The SMILES string of the molecule is CN1CCc2ccccc2C12CCN(CC(=O)Nc1ccccc1O)CC2.CNCCCc1cccs1. The third-order valence-corrected chi connectivity index (χ3v) is 8.56. The molecule has 0 aliphatic carbocycles. The lowest BCUT2D eigenvalue weighted by Gasteiger charge is -2.51. The number of nitrogens with one attached hydrogen (secondary N) is 2. The molecule has 5 rings (SSSR count). The minimum Gasteiger partial charge on any atom is -0.506 e. The van der Waals surface area contributed by atoms with E-state index in [4.69, 9.17) is 0 Å². The van der Waals surface area contributed by atoms with Crippen LogP contribution in [0.5, 0.6) is 5.75 Å². The number of thiophene rings is 1. The Labute approximate surface area is 225 Å². The molecule has 0 saturated carbocycles. The second kappa shape index (κ2) is 13.2. The van der Waals surface area contributed by atoms with E-state index >= 15 is 0 Å². The van der Waals surface area contributed by atoms with Crippen molar-refractivity contribution in [3.05, 3.63) is 82.0 Å². The maximum Gasteiger partial charge on any atom is 0.238 e. The summed E-state index contributed by atoms with van der Waals surface area (Å²) in [6.07, 6.45) is 5.64. The van der Waals surface area contributed by atoms with Gasteiger partial charge >= 0.3 is 0 Å². The predicted molar refractivity (Wildman–Crippen MR) is 153 cm³/mol. The van der Waals surface area contributed by atoms with Crippen LogP contribution in [0.25, 0.3) is 0 Å². The molecule has 6 nitrogen and oxygen atoms in total. The maximum atomic E-state index is 12.4. The van der Waals surface area contributed by atoms with Crippen LogP contribution < -0.4 is 10.6 Å². The second-order valence-corrected chi connectivity index (χ2v) is 11.0.